The van der Waals surface area contributed by atoms with Crippen molar-refractivity contribution in [2.24, 2.45) is 15.9 Å². The maximum Gasteiger partial charge on any atom is 0.159 e. The Balaban J connectivity index is 0.945. The van der Waals surface area contributed by atoms with Gasteiger partial charge in [-0.05, 0) is 82.8 Å². The highest BCUT2D eigenvalue weighted by molar-refractivity contribution is 6.22. The van der Waals surface area contributed by atoms with Gasteiger partial charge in [-0.2, -0.15) is 0 Å². The van der Waals surface area contributed by atoms with Crippen molar-refractivity contribution in [3.8, 4) is 27.9 Å². The lowest BCUT2D eigenvalue weighted by Gasteiger charge is -2.34. The van der Waals surface area contributed by atoms with E-state index in [0.717, 1.165) is 105 Å². The van der Waals surface area contributed by atoms with Gasteiger partial charge in [-0.15, -0.1) is 0 Å². The van der Waals surface area contributed by atoms with Crippen LogP contribution in [0.1, 0.15) is 35.8 Å². The van der Waals surface area contributed by atoms with E-state index in [4.69, 9.17) is 18.8 Å². The van der Waals surface area contributed by atoms with Crippen molar-refractivity contribution < 1.29 is 8.83 Å². The highest BCUT2D eigenvalue weighted by Gasteiger charge is 2.31. The van der Waals surface area contributed by atoms with Gasteiger partial charge >= 0.3 is 0 Å². The van der Waals surface area contributed by atoms with Crippen LogP contribution in [0, 0.1) is 5.92 Å². The number of aliphatic imine (C=N–C) groups is 2. The number of benzene rings is 10. The average Bonchev–Trinajstić information content (AvgIpc) is 4.30. The van der Waals surface area contributed by atoms with E-state index in [1.807, 2.05) is 6.07 Å². The standard InChI is InChI=1S/C71H49N5O2/c1-43-20-12-15-31-58(43)76-60-33-17-14-28-51(60)54-40-56-66(42-62(54)76)77-63-34-18-29-48(67(56)63)46-36-37-49(55(38-46)71-73-69(44-21-6-3-7-22-44)72-70(74(71)2)45-23-8-4-9-24-45)52-30-19-35-64-68(52)57-39-53-50-27-13-16-32-59(50)75(47-25-10-5-11-26-47)61(53)41-65(57)78-64/h3-43,58,71H,1-2H3. The zero-order valence-corrected chi connectivity index (χ0v) is 42.9. The number of rotatable bonds is 7. The van der Waals surface area contributed by atoms with E-state index in [-0.39, 0.29) is 6.04 Å². The number of hydrogen-bond acceptors (Lipinski definition) is 5. The van der Waals surface area contributed by atoms with Crippen LogP contribution in [0.15, 0.2) is 262 Å². The van der Waals surface area contributed by atoms with Gasteiger partial charge in [0.05, 0.1) is 22.6 Å². The molecule has 4 aromatic heterocycles. The smallest absolute Gasteiger partial charge is 0.159 e. The summed E-state index contributed by atoms with van der Waals surface area (Å²) in [5.41, 5.74) is 16.4. The second kappa shape index (κ2) is 17.3. The van der Waals surface area contributed by atoms with E-state index in [1.54, 1.807) is 0 Å². The van der Waals surface area contributed by atoms with Gasteiger partial charge in [-0.25, -0.2) is 9.98 Å². The van der Waals surface area contributed by atoms with Crippen LogP contribution in [-0.2, 0) is 0 Å². The van der Waals surface area contributed by atoms with E-state index in [2.05, 4.69) is 265 Å². The zero-order chi connectivity index (χ0) is 51.6. The van der Waals surface area contributed by atoms with Gasteiger partial charge < -0.3 is 22.9 Å². The summed E-state index contributed by atoms with van der Waals surface area (Å²) in [4.78, 5) is 13.2. The molecule has 0 saturated heterocycles. The molecule has 14 aromatic rings. The number of aromatic nitrogens is 2. The molecule has 5 heterocycles. The fourth-order valence-electron chi connectivity index (χ4n) is 12.9. The van der Waals surface area contributed by atoms with Crippen LogP contribution in [0.3, 0.4) is 0 Å². The van der Waals surface area contributed by atoms with Gasteiger partial charge in [-0.3, -0.25) is 0 Å². The SMILES string of the molecule is CC1C=CC=CC1n1c2ccccc2c2cc3c(cc21)oc1cccc(-c2ccc(-c4cccc5oc6cc7c(cc6c45)c4ccccc4n7-c4ccccc4)c(C4N=C(c5ccccc5)N=C(c5ccccc5)N4C)c2)c13. The molecule has 16 rings (SSSR count). The van der Waals surface area contributed by atoms with Crippen molar-refractivity contribution in [2.45, 2.75) is 19.1 Å². The summed E-state index contributed by atoms with van der Waals surface area (Å²) >= 11 is 0. The van der Waals surface area contributed by atoms with Crippen LogP contribution < -0.4 is 0 Å². The summed E-state index contributed by atoms with van der Waals surface area (Å²) in [6.45, 7) is 2.30. The summed E-state index contributed by atoms with van der Waals surface area (Å²) < 4.78 is 18.7. The van der Waals surface area contributed by atoms with E-state index < -0.39 is 6.17 Å². The van der Waals surface area contributed by atoms with Crippen molar-refractivity contribution in [3.05, 3.63) is 259 Å². The Morgan fingerprint density at radius 1 is 0.423 bits per heavy atom. The molecule has 0 saturated carbocycles. The predicted octanol–water partition coefficient (Wildman–Crippen LogP) is 18.2. The van der Waals surface area contributed by atoms with Gasteiger partial charge in [0.1, 0.15) is 28.2 Å². The third-order valence-corrected chi connectivity index (χ3v) is 16.5. The Kier molecular flexibility index (Phi) is 9.82. The molecular formula is C71H49N5O2. The molecule has 370 valence electrons. The normalized spacial score (nSPS) is 16.7. The lowest BCUT2D eigenvalue weighted by Crippen LogP contribution is -2.36. The maximum absolute atomic E-state index is 6.95. The number of amidine groups is 2. The minimum atomic E-state index is -0.482. The van der Waals surface area contributed by atoms with Crippen LogP contribution >= 0.6 is 0 Å². The van der Waals surface area contributed by atoms with E-state index >= 15 is 0 Å². The molecule has 7 nitrogen and oxygen atoms in total. The van der Waals surface area contributed by atoms with Gasteiger partial charge in [0.2, 0.25) is 0 Å². The third kappa shape index (κ3) is 6.71. The number of furan rings is 2. The molecule has 0 N–H and O–H groups in total. The van der Waals surface area contributed by atoms with Crippen LogP contribution in [0.2, 0.25) is 0 Å². The lowest BCUT2D eigenvalue weighted by molar-refractivity contribution is 0.383. The van der Waals surface area contributed by atoms with Gasteiger partial charge in [0, 0.05) is 90.2 Å². The first kappa shape index (κ1) is 44.3. The first-order valence-electron chi connectivity index (χ1n) is 26.8. The number of para-hydroxylation sites is 3. The Morgan fingerprint density at radius 2 is 1.01 bits per heavy atom. The van der Waals surface area contributed by atoms with E-state index in [0.29, 0.717) is 11.8 Å². The molecule has 3 atom stereocenters. The Bertz CT molecular complexity index is 4900. The molecular weight excluding hydrogens is 955 g/mol. The van der Waals surface area contributed by atoms with Crippen molar-refractivity contribution in [2.75, 3.05) is 7.05 Å². The molecule has 1 aliphatic heterocycles. The number of allylic oxidation sites excluding steroid dienone is 4. The summed E-state index contributed by atoms with van der Waals surface area (Å²) in [5, 5.41) is 9.08. The highest BCUT2D eigenvalue weighted by Crippen LogP contribution is 2.48. The van der Waals surface area contributed by atoms with Crippen LogP contribution in [0.4, 0.5) is 0 Å². The minimum absolute atomic E-state index is 0.176. The monoisotopic (exact) mass is 1000 g/mol. The molecule has 1 aliphatic carbocycles. The van der Waals surface area contributed by atoms with Crippen molar-refractivity contribution in [3.63, 3.8) is 0 Å². The summed E-state index contributed by atoms with van der Waals surface area (Å²) in [6.07, 6.45) is 8.47. The second-order valence-corrected chi connectivity index (χ2v) is 20.9. The molecule has 3 unspecified atom stereocenters. The van der Waals surface area contributed by atoms with Crippen molar-refractivity contribution in [1.29, 1.82) is 0 Å². The fourth-order valence-corrected chi connectivity index (χ4v) is 12.9. The fraction of sp³-hybridized carbons (Fsp3) is 0.0704. The van der Waals surface area contributed by atoms with Crippen LogP contribution in [-0.4, -0.2) is 32.8 Å². The van der Waals surface area contributed by atoms with E-state index in [1.165, 1.54) is 32.6 Å². The maximum atomic E-state index is 6.95. The quantitative estimate of drug-likeness (QED) is 0.160. The molecule has 0 bridgehead atoms. The van der Waals surface area contributed by atoms with E-state index in [9.17, 15) is 0 Å². The topological polar surface area (TPSA) is 64.1 Å². The molecule has 10 aromatic carbocycles. The Labute approximate surface area is 449 Å². The van der Waals surface area contributed by atoms with Gasteiger partial charge in [0.15, 0.2) is 12.0 Å². The zero-order valence-electron chi connectivity index (χ0n) is 42.9. The minimum Gasteiger partial charge on any atom is -0.456 e. The molecule has 0 amide bonds. The summed E-state index contributed by atoms with van der Waals surface area (Å²) in [5.74, 6) is 1.85. The highest BCUT2D eigenvalue weighted by atomic mass is 16.3. The van der Waals surface area contributed by atoms with Gasteiger partial charge in [-0.1, -0.05) is 183 Å². The predicted molar refractivity (Wildman–Crippen MR) is 322 cm³/mol. The number of hydrogen-bond donors (Lipinski definition) is 0. The van der Waals surface area contributed by atoms with Gasteiger partial charge in [0.25, 0.3) is 0 Å². The molecule has 78 heavy (non-hydrogen) atoms. The first-order valence-corrected chi connectivity index (χ1v) is 26.8. The summed E-state index contributed by atoms with van der Waals surface area (Å²) in [7, 11) is 2.12. The first-order chi connectivity index (χ1) is 38.5. The average molecular weight is 1000 g/mol. The van der Waals surface area contributed by atoms with Crippen molar-refractivity contribution in [1.82, 2.24) is 14.0 Å². The molecule has 0 fully saturated rings. The third-order valence-electron chi connectivity index (χ3n) is 16.5. The lowest BCUT2D eigenvalue weighted by atomic mass is 9.89. The second-order valence-electron chi connectivity index (χ2n) is 20.9. The largest absolute Gasteiger partial charge is 0.456 e. The Hall–Kier alpha value is -9.98. The molecule has 0 spiro atoms. The number of fused-ring (bicyclic) bond motifs is 12. The summed E-state index contributed by atoms with van der Waals surface area (Å²) in [6, 6.07) is 78.2. The Morgan fingerprint density at radius 3 is 1.73 bits per heavy atom. The molecule has 7 heteroatoms. The van der Waals surface area contributed by atoms with Crippen LogP contribution in [0.5, 0.6) is 0 Å². The molecule has 2 aliphatic rings. The molecule has 0 radical (unpaired) electrons. The van der Waals surface area contributed by atoms with Crippen molar-refractivity contribution >= 4 is 99.2 Å². The number of nitrogens with zero attached hydrogens (tertiary/aromatic N) is 5. The van der Waals surface area contributed by atoms with Crippen LogP contribution in [0.25, 0.3) is 115 Å².